The Labute approximate surface area is 107 Å². The van der Waals surface area contributed by atoms with Crippen molar-refractivity contribution in [2.24, 2.45) is 0 Å². The van der Waals surface area contributed by atoms with Gasteiger partial charge in [-0.15, -0.1) is 11.6 Å². The Balaban J connectivity index is 2.21. The van der Waals surface area contributed by atoms with Gasteiger partial charge in [0.15, 0.2) is 0 Å². The van der Waals surface area contributed by atoms with Crippen LogP contribution in [-0.4, -0.2) is 12.7 Å². The average molecular weight is 257 g/mol. The normalized spacial score (nSPS) is 22.5. The van der Waals surface area contributed by atoms with Crippen LogP contribution in [0.25, 0.3) is 0 Å². The summed E-state index contributed by atoms with van der Waals surface area (Å²) < 4.78 is 19.2. The number of hydrogen-bond acceptors (Lipinski definition) is 1. The highest BCUT2D eigenvalue weighted by Crippen LogP contribution is 2.33. The first-order chi connectivity index (χ1) is 8.09. The lowest BCUT2D eigenvalue weighted by molar-refractivity contribution is 0.0135. The molecule has 94 valence electrons. The highest BCUT2D eigenvalue weighted by atomic mass is 35.5. The molecule has 17 heavy (non-hydrogen) atoms. The maximum atomic E-state index is 13.5. The van der Waals surface area contributed by atoms with Crippen molar-refractivity contribution in [2.75, 3.05) is 6.61 Å². The van der Waals surface area contributed by atoms with E-state index in [0.29, 0.717) is 11.1 Å². The zero-order valence-corrected chi connectivity index (χ0v) is 11.1. The third kappa shape index (κ3) is 2.80. The predicted molar refractivity (Wildman–Crippen MR) is 68.1 cm³/mol. The Hall–Kier alpha value is -0.600. The Kier molecular flexibility index (Phi) is 4.05. The summed E-state index contributed by atoms with van der Waals surface area (Å²) in [6, 6.07) is 3.66. The van der Waals surface area contributed by atoms with Crippen LogP contribution in [0.3, 0.4) is 0 Å². The smallest absolute Gasteiger partial charge is 0.129 e. The first-order valence-electron chi connectivity index (χ1n) is 6.12. The Morgan fingerprint density at radius 1 is 1.29 bits per heavy atom. The molecule has 2 atom stereocenters. The van der Waals surface area contributed by atoms with Gasteiger partial charge in [-0.2, -0.15) is 0 Å². The molecule has 2 unspecified atom stereocenters. The van der Waals surface area contributed by atoms with E-state index in [1.165, 1.54) is 0 Å². The predicted octanol–water partition coefficient (Wildman–Crippen LogP) is 4.29. The van der Waals surface area contributed by atoms with E-state index in [4.69, 9.17) is 16.3 Å². The fourth-order valence-corrected chi connectivity index (χ4v) is 2.67. The number of ether oxygens (including phenoxy) is 1. The summed E-state index contributed by atoms with van der Waals surface area (Å²) in [7, 11) is 0. The van der Waals surface area contributed by atoms with Gasteiger partial charge in [0.25, 0.3) is 0 Å². The van der Waals surface area contributed by atoms with E-state index in [1.807, 2.05) is 12.1 Å². The molecule has 0 amide bonds. The SMILES string of the molecule is Cc1cc(C(Cl)C2CCCCO2)cc(C)c1F. The molecule has 1 aromatic carbocycles. The van der Waals surface area contributed by atoms with Crippen LogP contribution in [-0.2, 0) is 4.74 Å². The van der Waals surface area contributed by atoms with E-state index in [9.17, 15) is 4.39 Å². The van der Waals surface area contributed by atoms with Crippen molar-refractivity contribution < 1.29 is 9.13 Å². The van der Waals surface area contributed by atoms with Crippen LogP contribution in [0.4, 0.5) is 4.39 Å². The summed E-state index contributed by atoms with van der Waals surface area (Å²) in [5.41, 5.74) is 2.28. The largest absolute Gasteiger partial charge is 0.376 e. The molecule has 1 saturated heterocycles. The van der Waals surface area contributed by atoms with Gasteiger partial charge in [0.1, 0.15) is 5.82 Å². The third-order valence-electron chi connectivity index (χ3n) is 3.32. The van der Waals surface area contributed by atoms with Gasteiger partial charge in [0.05, 0.1) is 11.5 Å². The summed E-state index contributed by atoms with van der Waals surface area (Å²) in [4.78, 5) is 0. The monoisotopic (exact) mass is 256 g/mol. The number of hydrogen-bond donors (Lipinski definition) is 0. The summed E-state index contributed by atoms with van der Waals surface area (Å²) in [5.74, 6) is -0.137. The number of alkyl halides is 1. The van der Waals surface area contributed by atoms with Gasteiger partial charge in [0.2, 0.25) is 0 Å². The summed E-state index contributed by atoms with van der Waals surface area (Å²) in [6.45, 7) is 4.33. The number of benzene rings is 1. The highest BCUT2D eigenvalue weighted by Gasteiger charge is 2.24. The minimum absolute atomic E-state index is 0.0645. The summed E-state index contributed by atoms with van der Waals surface area (Å²) >= 11 is 6.43. The molecule has 0 bridgehead atoms. The van der Waals surface area contributed by atoms with E-state index in [-0.39, 0.29) is 17.3 Å². The van der Waals surface area contributed by atoms with E-state index in [2.05, 4.69) is 0 Å². The number of rotatable bonds is 2. The third-order valence-corrected chi connectivity index (χ3v) is 3.85. The quantitative estimate of drug-likeness (QED) is 0.717. The highest BCUT2D eigenvalue weighted by molar-refractivity contribution is 6.21. The van der Waals surface area contributed by atoms with Gasteiger partial charge in [0, 0.05) is 6.61 Å². The molecule has 0 radical (unpaired) electrons. The zero-order chi connectivity index (χ0) is 12.4. The second kappa shape index (κ2) is 5.36. The molecule has 0 spiro atoms. The van der Waals surface area contributed by atoms with Gasteiger partial charge in [-0.25, -0.2) is 4.39 Å². The molecule has 1 heterocycles. The maximum absolute atomic E-state index is 13.5. The van der Waals surface area contributed by atoms with Crippen molar-refractivity contribution in [3.8, 4) is 0 Å². The standard InChI is InChI=1S/C14H18ClFO/c1-9-7-11(8-10(2)14(9)16)13(15)12-5-3-4-6-17-12/h7-8,12-13H,3-6H2,1-2H3. The first-order valence-corrected chi connectivity index (χ1v) is 6.55. The van der Waals surface area contributed by atoms with Crippen molar-refractivity contribution in [1.82, 2.24) is 0 Å². The Morgan fingerprint density at radius 2 is 1.94 bits per heavy atom. The second-order valence-corrected chi connectivity index (χ2v) is 5.25. The van der Waals surface area contributed by atoms with E-state index in [0.717, 1.165) is 31.4 Å². The van der Waals surface area contributed by atoms with Gasteiger partial charge in [-0.05, 0) is 49.8 Å². The molecule has 1 fully saturated rings. The van der Waals surface area contributed by atoms with Crippen molar-refractivity contribution in [1.29, 1.82) is 0 Å². The van der Waals surface area contributed by atoms with Crippen LogP contribution >= 0.6 is 11.6 Å². The van der Waals surface area contributed by atoms with Gasteiger partial charge in [-0.1, -0.05) is 12.1 Å². The first kappa shape index (κ1) is 12.8. The van der Waals surface area contributed by atoms with Crippen LogP contribution in [0.5, 0.6) is 0 Å². The molecule has 0 saturated carbocycles. The summed E-state index contributed by atoms with van der Waals surface area (Å²) in [6.07, 6.45) is 3.33. The lowest BCUT2D eigenvalue weighted by Gasteiger charge is -2.27. The molecular formula is C14H18ClFO. The topological polar surface area (TPSA) is 9.23 Å². The molecule has 1 aliphatic rings. The Bertz CT molecular complexity index is 376. The maximum Gasteiger partial charge on any atom is 0.129 e. The van der Waals surface area contributed by atoms with Crippen molar-refractivity contribution in [3.05, 3.63) is 34.6 Å². The molecule has 1 aromatic rings. The van der Waals surface area contributed by atoms with Crippen LogP contribution in [0.2, 0.25) is 0 Å². The fourth-order valence-electron chi connectivity index (χ4n) is 2.35. The van der Waals surface area contributed by atoms with Gasteiger partial charge >= 0.3 is 0 Å². The molecule has 2 rings (SSSR count). The molecule has 1 aliphatic heterocycles. The lowest BCUT2D eigenvalue weighted by atomic mass is 9.97. The van der Waals surface area contributed by atoms with E-state index < -0.39 is 0 Å². The zero-order valence-electron chi connectivity index (χ0n) is 10.3. The molecule has 0 aromatic heterocycles. The lowest BCUT2D eigenvalue weighted by Crippen LogP contribution is -2.23. The van der Waals surface area contributed by atoms with Crippen LogP contribution in [0.15, 0.2) is 12.1 Å². The minimum atomic E-state index is -0.173. The second-order valence-electron chi connectivity index (χ2n) is 4.78. The average Bonchev–Trinajstić information content (AvgIpc) is 2.35. The van der Waals surface area contributed by atoms with E-state index >= 15 is 0 Å². The van der Waals surface area contributed by atoms with Crippen molar-refractivity contribution >= 4 is 11.6 Å². The Morgan fingerprint density at radius 3 is 2.47 bits per heavy atom. The number of aryl methyl sites for hydroxylation is 2. The molecule has 3 heteroatoms. The van der Waals surface area contributed by atoms with Gasteiger partial charge in [-0.3, -0.25) is 0 Å². The number of halogens is 2. The van der Waals surface area contributed by atoms with Crippen LogP contribution in [0.1, 0.15) is 41.3 Å². The fraction of sp³-hybridized carbons (Fsp3) is 0.571. The van der Waals surface area contributed by atoms with Crippen LogP contribution < -0.4 is 0 Å². The minimum Gasteiger partial charge on any atom is -0.376 e. The van der Waals surface area contributed by atoms with E-state index in [1.54, 1.807) is 13.8 Å². The summed E-state index contributed by atoms with van der Waals surface area (Å²) in [5, 5.41) is -0.173. The molecule has 0 N–H and O–H groups in total. The molecule has 1 nitrogen and oxygen atoms in total. The van der Waals surface area contributed by atoms with Crippen molar-refractivity contribution in [3.63, 3.8) is 0 Å². The van der Waals surface area contributed by atoms with Gasteiger partial charge < -0.3 is 4.74 Å². The molecule has 0 aliphatic carbocycles. The van der Waals surface area contributed by atoms with Crippen LogP contribution in [0, 0.1) is 19.7 Å². The van der Waals surface area contributed by atoms with Crippen molar-refractivity contribution in [2.45, 2.75) is 44.6 Å². The molecular weight excluding hydrogens is 239 g/mol.